The molecule has 0 bridgehead atoms. The third kappa shape index (κ3) is 6.40. The predicted octanol–water partition coefficient (Wildman–Crippen LogP) is 1.48. The fraction of sp³-hybridized carbons (Fsp3) is 0.308. The van der Waals surface area contributed by atoms with Gasteiger partial charge >= 0.3 is 0 Å². The largest absolute Gasteiger partial charge is 0.393 e. The van der Waals surface area contributed by atoms with Crippen molar-refractivity contribution in [2.24, 2.45) is 11.5 Å². The summed E-state index contributed by atoms with van der Waals surface area (Å²) >= 11 is 0. The molecule has 0 spiro atoms. The smallest absolute Gasteiger partial charge is 0.243 e. The molecule has 13 heteroatoms. The van der Waals surface area contributed by atoms with Crippen molar-refractivity contribution in [3.63, 3.8) is 0 Å². The van der Waals surface area contributed by atoms with Gasteiger partial charge in [0.15, 0.2) is 14.7 Å². The minimum Gasteiger partial charge on any atom is -0.393 e. The van der Waals surface area contributed by atoms with Crippen LogP contribution in [0.2, 0.25) is 0 Å². The summed E-state index contributed by atoms with van der Waals surface area (Å²) in [5, 5.41) is 8.41. The summed E-state index contributed by atoms with van der Waals surface area (Å²) in [5.74, 6) is 0. The quantitative estimate of drug-likeness (QED) is 0.296. The molecule has 3 rings (SSSR count). The topological polar surface area (TPSA) is 178 Å². The minimum absolute atomic E-state index is 0.123. The van der Waals surface area contributed by atoms with E-state index in [1.54, 1.807) is 45.0 Å². The molecule has 3 aromatic rings. The number of sulfonamides is 1. The molecule has 0 aromatic heterocycles. The molecule has 0 saturated heterocycles. The van der Waals surface area contributed by atoms with E-state index in [1.165, 1.54) is 48.5 Å². The molecule has 5 N–H and O–H groups in total. The van der Waals surface area contributed by atoms with Crippen molar-refractivity contribution < 1.29 is 30.4 Å². The van der Waals surface area contributed by atoms with E-state index >= 15 is 0 Å². The van der Waals surface area contributed by atoms with Crippen LogP contribution in [0.25, 0.3) is 0 Å². The lowest BCUT2D eigenvalue weighted by atomic mass is 10.2. The first kappa shape index (κ1) is 30.9. The highest BCUT2D eigenvalue weighted by Crippen LogP contribution is 2.27. The Labute approximate surface area is 230 Å². The number of nitrogens with zero attached hydrogens (tertiary/aromatic N) is 1. The fourth-order valence-electron chi connectivity index (χ4n) is 3.78. The molecule has 0 radical (unpaired) electrons. The van der Waals surface area contributed by atoms with Crippen LogP contribution in [0.3, 0.4) is 0 Å². The normalized spacial score (nSPS) is 15.2. The summed E-state index contributed by atoms with van der Waals surface area (Å²) in [6, 6.07) is 17.2. The van der Waals surface area contributed by atoms with Gasteiger partial charge in [0.25, 0.3) is 0 Å². The minimum atomic E-state index is -4.52. The second-order valence-corrected chi connectivity index (χ2v) is 15.9. The number of benzene rings is 3. The molecule has 0 aliphatic carbocycles. The summed E-state index contributed by atoms with van der Waals surface area (Å²) in [5.41, 5.74) is 14.6. The number of aliphatic hydroxyl groups is 1. The van der Waals surface area contributed by atoms with Gasteiger partial charge in [-0.15, -0.1) is 0 Å². The van der Waals surface area contributed by atoms with Crippen molar-refractivity contribution in [3.05, 3.63) is 89.5 Å². The Bertz CT molecular complexity index is 1620. The molecule has 0 heterocycles. The van der Waals surface area contributed by atoms with Gasteiger partial charge < -0.3 is 16.6 Å². The van der Waals surface area contributed by atoms with Crippen LogP contribution in [0.4, 0.5) is 0 Å². The van der Waals surface area contributed by atoms with Crippen molar-refractivity contribution in [3.8, 4) is 0 Å². The number of aryl methyl sites for hydroxylation is 3. The van der Waals surface area contributed by atoms with Gasteiger partial charge in [-0.1, -0.05) is 53.1 Å². The summed E-state index contributed by atoms with van der Waals surface area (Å²) in [4.78, 5) is -3.09. The molecule has 0 amide bonds. The van der Waals surface area contributed by atoms with E-state index in [1.807, 2.05) is 0 Å². The van der Waals surface area contributed by atoms with Crippen LogP contribution in [0, 0.1) is 20.8 Å². The molecule has 39 heavy (non-hydrogen) atoms. The Hall–Kier alpha value is -2.65. The zero-order valence-electron chi connectivity index (χ0n) is 21.9. The third-order valence-electron chi connectivity index (χ3n) is 6.37. The average molecular weight is 596 g/mol. The van der Waals surface area contributed by atoms with E-state index in [9.17, 15) is 30.4 Å². The van der Waals surface area contributed by atoms with Crippen LogP contribution in [0.5, 0.6) is 0 Å². The lowest BCUT2D eigenvalue weighted by molar-refractivity contribution is 0.218. The van der Waals surface area contributed by atoms with Crippen LogP contribution in [-0.4, -0.2) is 64.6 Å². The van der Waals surface area contributed by atoms with Gasteiger partial charge in [0.2, 0.25) is 19.9 Å². The second-order valence-electron chi connectivity index (χ2n) is 9.55. The van der Waals surface area contributed by atoms with Crippen LogP contribution in [0.1, 0.15) is 16.7 Å². The zero-order chi connectivity index (χ0) is 29.2. The molecule has 0 saturated carbocycles. The summed E-state index contributed by atoms with van der Waals surface area (Å²) in [6.45, 7) is 2.34. The SMILES string of the molecule is Cc1ccc(S(=O)(=O)C(N)CN(CC(N)(CO)S(=O)(=O)c2ccc(C)cc2)S(=O)(=O)c2ccc(C)cc2)cc1. The Balaban J connectivity index is 2.09. The molecule has 0 aliphatic heterocycles. The van der Waals surface area contributed by atoms with Crippen molar-refractivity contribution in [1.82, 2.24) is 4.31 Å². The fourth-order valence-corrected chi connectivity index (χ4v) is 8.19. The van der Waals surface area contributed by atoms with E-state index in [4.69, 9.17) is 11.5 Å². The summed E-state index contributed by atoms with van der Waals surface area (Å²) in [6.07, 6.45) is 0. The van der Waals surface area contributed by atoms with Crippen LogP contribution >= 0.6 is 0 Å². The van der Waals surface area contributed by atoms with Gasteiger partial charge in [0.1, 0.15) is 5.37 Å². The van der Waals surface area contributed by atoms with Gasteiger partial charge in [0, 0.05) is 13.1 Å². The van der Waals surface area contributed by atoms with E-state index in [2.05, 4.69) is 0 Å². The number of nitrogens with two attached hydrogens (primary N) is 2. The number of hydrogen-bond donors (Lipinski definition) is 3. The number of sulfone groups is 2. The van der Waals surface area contributed by atoms with Crippen LogP contribution < -0.4 is 11.5 Å². The summed E-state index contributed by atoms with van der Waals surface area (Å²) in [7, 11) is -13.3. The van der Waals surface area contributed by atoms with Crippen molar-refractivity contribution in [1.29, 1.82) is 0 Å². The Kier molecular flexibility index (Phi) is 9.07. The Morgan fingerprint density at radius 2 is 1.10 bits per heavy atom. The number of rotatable bonds is 11. The molecule has 2 atom stereocenters. The number of aliphatic hydroxyl groups excluding tert-OH is 1. The molecule has 2 unspecified atom stereocenters. The maximum absolute atomic E-state index is 13.7. The second kappa shape index (κ2) is 11.5. The van der Waals surface area contributed by atoms with Gasteiger partial charge in [-0.2, -0.15) is 4.31 Å². The molecular formula is C26H33N3O7S3. The molecule has 10 nitrogen and oxygen atoms in total. The highest BCUT2D eigenvalue weighted by Gasteiger charge is 2.46. The highest BCUT2D eigenvalue weighted by atomic mass is 32.2. The van der Waals surface area contributed by atoms with Gasteiger partial charge in [-0.3, -0.25) is 0 Å². The first-order valence-electron chi connectivity index (χ1n) is 11.9. The molecule has 0 aliphatic rings. The van der Waals surface area contributed by atoms with E-state index < -0.39 is 59.6 Å². The average Bonchev–Trinajstić information content (AvgIpc) is 2.88. The molecule has 3 aromatic carbocycles. The van der Waals surface area contributed by atoms with Crippen molar-refractivity contribution in [2.75, 3.05) is 19.7 Å². The van der Waals surface area contributed by atoms with Gasteiger partial charge in [0.05, 0.1) is 21.3 Å². The van der Waals surface area contributed by atoms with Gasteiger partial charge in [-0.05, 0) is 57.2 Å². The maximum atomic E-state index is 13.7. The number of hydrogen-bond acceptors (Lipinski definition) is 9. The van der Waals surface area contributed by atoms with E-state index in [0.717, 1.165) is 16.7 Å². The Morgan fingerprint density at radius 1 is 0.718 bits per heavy atom. The predicted molar refractivity (Wildman–Crippen MR) is 149 cm³/mol. The van der Waals surface area contributed by atoms with Gasteiger partial charge in [-0.25, -0.2) is 25.3 Å². The highest BCUT2D eigenvalue weighted by molar-refractivity contribution is 7.93. The van der Waals surface area contributed by atoms with E-state index in [0.29, 0.717) is 4.31 Å². The van der Waals surface area contributed by atoms with E-state index in [-0.39, 0.29) is 14.7 Å². The lowest BCUT2D eigenvalue weighted by Gasteiger charge is -2.34. The first-order chi connectivity index (χ1) is 18.0. The standard InChI is InChI=1S/C26H33N3O7S3/c1-19-4-10-22(11-5-19)37(31,32)25(27)16-29(39(35,36)24-14-8-21(3)9-15-24)17-26(28,18-30)38(33,34)23-12-6-20(2)7-13-23/h4-15,25,30H,16-18,27-28H2,1-3H3. The molecular weight excluding hydrogens is 563 g/mol. The monoisotopic (exact) mass is 595 g/mol. The Morgan fingerprint density at radius 3 is 1.51 bits per heavy atom. The van der Waals surface area contributed by atoms with Crippen molar-refractivity contribution in [2.45, 2.75) is 45.7 Å². The molecule has 212 valence electrons. The zero-order valence-corrected chi connectivity index (χ0v) is 24.3. The lowest BCUT2D eigenvalue weighted by Crippen LogP contribution is -2.60. The van der Waals surface area contributed by atoms with Crippen molar-refractivity contribution >= 4 is 29.7 Å². The summed E-state index contributed by atoms with van der Waals surface area (Å²) < 4.78 is 81.6. The molecule has 0 fully saturated rings. The first-order valence-corrected chi connectivity index (χ1v) is 16.4. The third-order valence-corrected chi connectivity index (χ3v) is 12.3. The maximum Gasteiger partial charge on any atom is 0.243 e. The van der Waals surface area contributed by atoms with Crippen LogP contribution in [0.15, 0.2) is 87.5 Å². The van der Waals surface area contributed by atoms with Crippen LogP contribution in [-0.2, 0) is 29.7 Å².